The van der Waals surface area contributed by atoms with Gasteiger partial charge in [0.25, 0.3) is 0 Å². The number of hydrogen-bond donors (Lipinski definition) is 0. The molecule has 0 amide bonds. The summed E-state index contributed by atoms with van der Waals surface area (Å²) in [6.45, 7) is 3.39. The molecule has 0 atom stereocenters. The lowest BCUT2D eigenvalue weighted by Crippen LogP contribution is -1.81. The van der Waals surface area contributed by atoms with Crippen LogP contribution in [-0.2, 0) is 9.59 Å². The molecule has 0 radical (unpaired) electrons. The smallest absolute Gasteiger partial charge is 0.222 e. The van der Waals surface area contributed by atoms with Gasteiger partial charge in [-0.15, -0.1) is 0 Å². The highest BCUT2D eigenvalue weighted by atomic mass is 32.2. The lowest BCUT2D eigenvalue weighted by atomic mass is 10.3. The molecule has 0 aliphatic carbocycles. The van der Waals surface area contributed by atoms with Crippen LogP contribution in [0.2, 0.25) is 0 Å². The predicted octanol–water partition coefficient (Wildman–Crippen LogP) is 0.733. The molecule has 0 aromatic carbocycles. The Hall–Kier alpha value is -0.570. The normalized spacial score (nSPS) is 20.2. The number of carbonyl (C=O) groups excluding carboxylic acids is 2. The third kappa shape index (κ3) is 0.816. The molecule has 3 heteroatoms. The van der Waals surface area contributed by atoms with Gasteiger partial charge >= 0.3 is 0 Å². The first kappa shape index (κ1) is 5.56. The molecule has 8 heavy (non-hydrogen) atoms. The molecule has 0 spiro atoms. The van der Waals surface area contributed by atoms with Crippen LogP contribution >= 0.6 is 11.8 Å². The fourth-order valence-corrected chi connectivity index (χ4v) is 1.13. The van der Waals surface area contributed by atoms with Crippen LogP contribution in [-0.4, -0.2) is 10.2 Å². The molecule has 2 nitrogen and oxygen atoms in total. The van der Waals surface area contributed by atoms with Gasteiger partial charge in [0.2, 0.25) is 10.2 Å². The number of rotatable bonds is 0. The van der Waals surface area contributed by atoms with Crippen molar-refractivity contribution in [2.24, 2.45) is 0 Å². The number of carbonyl (C=O) groups is 2. The van der Waals surface area contributed by atoms with E-state index in [1.165, 1.54) is 0 Å². The minimum absolute atomic E-state index is 0.0833. The van der Waals surface area contributed by atoms with Crippen LogP contribution in [0.25, 0.3) is 0 Å². The van der Waals surface area contributed by atoms with Gasteiger partial charge < -0.3 is 0 Å². The maximum absolute atomic E-state index is 10.4. The van der Waals surface area contributed by atoms with Crippen LogP contribution in [0.15, 0.2) is 12.2 Å². The Morgan fingerprint density at radius 3 is 2.25 bits per heavy atom. The maximum Gasteiger partial charge on any atom is 0.222 e. The van der Waals surface area contributed by atoms with Crippen molar-refractivity contribution in [3.8, 4) is 0 Å². The van der Waals surface area contributed by atoms with Crippen molar-refractivity contribution in [2.45, 2.75) is 6.42 Å². The Bertz CT molecular complexity index is 153. The van der Waals surface area contributed by atoms with Gasteiger partial charge in [0.1, 0.15) is 0 Å². The standard InChI is InChI=1S/C5H4O2S/c1-3-2-4(6)8-5(3)7/h1-2H2. The molecule has 1 rings (SSSR count). The van der Waals surface area contributed by atoms with Gasteiger partial charge in [0.15, 0.2) is 0 Å². The Balaban J connectivity index is 2.79. The predicted molar refractivity (Wildman–Crippen MR) is 31.4 cm³/mol. The molecule has 1 aliphatic heterocycles. The molecule has 0 N–H and O–H groups in total. The maximum atomic E-state index is 10.4. The van der Waals surface area contributed by atoms with E-state index < -0.39 is 0 Å². The van der Waals surface area contributed by atoms with Crippen molar-refractivity contribution in [1.82, 2.24) is 0 Å². The molecular formula is C5H4O2S. The van der Waals surface area contributed by atoms with Gasteiger partial charge in [-0.1, -0.05) is 6.58 Å². The molecule has 1 fully saturated rings. The average molecular weight is 128 g/mol. The summed E-state index contributed by atoms with van der Waals surface area (Å²) in [6, 6.07) is 0. The van der Waals surface area contributed by atoms with E-state index in [4.69, 9.17) is 0 Å². The van der Waals surface area contributed by atoms with Gasteiger partial charge in [0, 0.05) is 12.0 Å². The molecule has 0 saturated carbocycles. The van der Waals surface area contributed by atoms with Crippen LogP contribution in [0.3, 0.4) is 0 Å². The summed E-state index contributed by atoms with van der Waals surface area (Å²) >= 11 is 0.751. The van der Waals surface area contributed by atoms with Gasteiger partial charge in [0.05, 0.1) is 0 Å². The first-order valence-corrected chi connectivity index (χ1v) is 2.94. The van der Waals surface area contributed by atoms with Crippen molar-refractivity contribution in [3.63, 3.8) is 0 Å². The average Bonchev–Trinajstić information content (AvgIpc) is 1.85. The molecule has 0 aromatic rings. The monoisotopic (exact) mass is 128 g/mol. The van der Waals surface area contributed by atoms with Gasteiger partial charge in [-0.3, -0.25) is 9.59 Å². The van der Waals surface area contributed by atoms with E-state index in [0.29, 0.717) is 5.57 Å². The van der Waals surface area contributed by atoms with Crippen LogP contribution in [0.4, 0.5) is 0 Å². The third-order valence-electron chi connectivity index (χ3n) is 0.853. The lowest BCUT2D eigenvalue weighted by molar-refractivity contribution is -0.110. The summed E-state index contributed by atoms with van der Waals surface area (Å²) in [7, 11) is 0. The second-order valence-electron chi connectivity index (χ2n) is 1.54. The fraction of sp³-hybridized carbons (Fsp3) is 0.200. The van der Waals surface area contributed by atoms with Crippen LogP contribution in [0.1, 0.15) is 6.42 Å². The van der Waals surface area contributed by atoms with E-state index in [9.17, 15) is 9.59 Å². The summed E-state index contributed by atoms with van der Waals surface area (Å²) in [4.78, 5) is 20.8. The van der Waals surface area contributed by atoms with Crippen molar-refractivity contribution < 1.29 is 9.59 Å². The SMILES string of the molecule is C=C1CC(=O)SC1=O. The van der Waals surface area contributed by atoms with Gasteiger partial charge in [-0.25, -0.2) is 0 Å². The Morgan fingerprint density at radius 2 is 2.12 bits per heavy atom. The summed E-state index contributed by atoms with van der Waals surface area (Å²) in [6.07, 6.45) is 0.240. The Morgan fingerprint density at radius 1 is 1.50 bits per heavy atom. The Labute approximate surface area is 50.9 Å². The second-order valence-corrected chi connectivity index (χ2v) is 2.57. The molecular weight excluding hydrogens is 124 g/mol. The van der Waals surface area contributed by atoms with Gasteiger partial charge in [-0.2, -0.15) is 0 Å². The minimum atomic E-state index is -0.171. The number of thioether (sulfide) groups is 1. The van der Waals surface area contributed by atoms with E-state index in [1.807, 2.05) is 0 Å². The zero-order chi connectivity index (χ0) is 6.15. The van der Waals surface area contributed by atoms with Crippen molar-refractivity contribution >= 4 is 22.0 Å². The lowest BCUT2D eigenvalue weighted by Gasteiger charge is -1.77. The van der Waals surface area contributed by atoms with Crippen molar-refractivity contribution in [1.29, 1.82) is 0 Å². The topological polar surface area (TPSA) is 34.1 Å². The van der Waals surface area contributed by atoms with Crippen LogP contribution < -0.4 is 0 Å². The van der Waals surface area contributed by atoms with E-state index in [2.05, 4.69) is 6.58 Å². The number of hydrogen-bond acceptors (Lipinski definition) is 3. The highest BCUT2D eigenvalue weighted by molar-refractivity contribution is 8.27. The fourth-order valence-electron chi connectivity index (χ4n) is 0.458. The van der Waals surface area contributed by atoms with E-state index in [1.54, 1.807) is 0 Å². The molecule has 0 unspecified atom stereocenters. The highest BCUT2D eigenvalue weighted by Crippen LogP contribution is 2.24. The first-order valence-electron chi connectivity index (χ1n) is 2.13. The molecule has 0 bridgehead atoms. The molecule has 0 aromatic heterocycles. The van der Waals surface area contributed by atoms with Crippen LogP contribution in [0.5, 0.6) is 0 Å². The Kier molecular flexibility index (Phi) is 1.21. The second kappa shape index (κ2) is 1.74. The quantitative estimate of drug-likeness (QED) is 0.451. The van der Waals surface area contributed by atoms with E-state index >= 15 is 0 Å². The summed E-state index contributed by atoms with van der Waals surface area (Å²) in [5, 5.41) is -0.255. The first-order chi connectivity index (χ1) is 3.70. The van der Waals surface area contributed by atoms with Crippen molar-refractivity contribution in [3.05, 3.63) is 12.2 Å². The van der Waals surface area contributed by atoms with E-state index in [-0.39, 0.29) is 16.7 Å². The largest absolute Gasteiger partial charge is 0.286 e. The molecule has 1 heterocycles. The van der Waals surface area contributed by atoms with E-state index in [0.717, 1.165) is 11.8 Å². The summed E-state index contributed by atoms with van der Waals surface area (Å²) in [5.74, 6) is 0. The zero-order valence-corrected chi connectivity index (χ0v) is 4.96. The zero-order valence-electron chi connectivity index (χ0n) is 4.14. The molecule has 1 aliphatic rings. The van der Waals surface area contributed by atoms with Crippen LogP contribution in [0, 0.1) is 0 Å². The molecule has 42 valence electrons. The van der Waals surface area contributed by atoms with Gasteiger partial charge in [-0.05, 0) is 11.8 Å². The van der Waals surface area contributed by atoms with Crippen molar-refractivity contribution in [2.75, 3.05) is 0 Å². The third-order valence-corrected chi connectivity index (χ3v) is 1.70. The summed E-state index contributed by atoms with van der Waals surface area (Å²) < 4.78 is 0. The minimum Gasteiger partial charge on any atom is -0.286 e. The summed E-state index contributed by atoms with van der Waals surface area (Å²) in [5.41, 5.74) is 0.431. The highest BCUT2D eigenvalue weighted by Gasteiger charge is 2.23. The molecule has 1 saturated heterocycles.